The van der Waals surface area contributed by atoms with Gasteiger partial charge in [-0.3, -0.25) is 0 Å². The minimum absolute atomic E-state index is 0.488. The van der Waals surface area contributed by atoms with Gasteiger partial charge in [0.05, 0.1) is 0 Å². The summed E-state index contributed by atoms with van der Waals surface area (Å²) in [6, 6.07) is 23.6. The summed E-state index contributed by atoms with van der Waals surface area (Å²) in [5.74, 6) is 1.71. The van der Waals surface area contributed by atoms with Gasteiger partial charge in [0.1, 0.15) is 24.7 Å². The lowest BCUT2D eigenvalue weighted by Crippen LogP contribution is -2.11. The molecular formula is C22H22ClNO2. The van der Waals surface area contributed by atoms with Crippen LogP contribution in [0.1, 0.15) is 11.1 Å². The Kier molecular flexibility index (Phi) is 6.39. The molecule has 26 heavy (non-hydrogen) atoms. The standard InChI is InChI=1S/C22H22ClNO2/c1-17-20(23)11-7-12-21(17)24-16-18-8-5-6-13-22(18)26-15-14-25-19-9-3-2-4-10-19/h2-13,24H,14-16H2,1H3. The van der Waals surface area contributed by atoms with Crippen LogP contribution < -0.4 is 14.8 Å². The second-order valence-electron chi connectivity index (χ2n) is 5.88. The van der Waals surface area contributed by atoms with Crippen LogP contribution in [0.4, 0.5) is 5.69 Å². The van der Waals surface area contributed by atoms with Crippen molar-refractivity contribution in [1.29, 1.82) is 0 Å². The van der Waals surface area contributed by atoms with Crippen molar-refractivity contribution < 1.29 is 9.47 Å². The third kappa shape index (κ3) is 4.93. The number of rotatable bonds is 8. The van der Waals surface area contributed by atoms with Crippen LogP contribution >= 0.6 is 11.6 Å². The number of hydrogen-bond acceptors (Lipinski definition) is 3. The highest BCUT2D eigenvalue weighted by Gasteiger charge is 2.06. The van der Waals surface area contributed by atoms with Crippen LogP contribution in [0.25, 0.3) is 0 Å². The summed E-state index contributed by atoms with van der Waals surface area (Å²) in [5, 5.41) is 4.19. The van der Waals surface area contributed by atoms with Crippen LogP contribution in [-0.2, 0) is 6.54 Å². The molecule has 0 aliphatic rings. The molecule has 0 radical (unpaired) electrons. The molecule has 0 unspecified atom stereocenters. The monoisotopic (exact) mass is 367 g/mol. The first-order valence-corrected chi connectivity index (χ1v) is 8.99. The largest absolute Gasteiger partial charge is 0.490 e. The Morgan fingerprint density at radius 2 is 1.54 bits per heavy atom. The van der Waals surface area contributed by atoms with Gasteiger partial charge in [-0.1, -0.05) is 54.1 Å². The van der Waals surface area contributed by atoms with E-state index >= 15 is 0 Å². The Morgan fingerprint density at radius 1 is 0.808 bits per heavy atom. The zero-order valence-electron chi connectivity index (χ0n) is 14.7. The fraction of sp³-hybridized carbons (Fsp3) is 0.182. The number of benzene rings is 3. The average Bonchev–Trinajstić information content (AvgIpc) is 2.68. The molecule has 0 bridgehead atoms. The lowest BCUT2D eigenvalue weighted by atomic mass is 10.1. The normalized spacial score (nSPS) is 10.4. The third-order valence-corrected chi connectivity index (χ3v) is 4.47. The molecule has 0 spiro atoms. The molecule has 0 aromatic heterocycles. The van der Waals surface area contributed by atoms with Crippen LogP contribution in [0.15, 0.2) is 72.8 Å². The SMILES string of the molecule is Cc1c(Cl)cccc1NCc1ccccc1OCCOc1ccccc1. The zero-order chi connectivity index (χ0) is 18.2. The summed E-state index contributed by atoms with van der Waals surface area (Å²) in [6.07, 6.45) is 0. The molecule has 0 heterocycles. The molecule has 134 valence electrons. The number of para-hydroxylation sites is 2. The van der Waals surface area contributed by atoms with Gasteiger partial charge in [-0.2, -0.15) is 0 Å². The van der Waals surface area contributed by atoms with E-state index in [0.29, 0.717) is 19.8 Å². The smallest absolute Gasteiger partial charge is 0.124 e. The predicted octanol–water partition coefficient (Wildman–Crippen LogP) is 5.72. The number of hydrogen-bond donors (Lipinski definition) is 1. The molecule has 0 aliphatic carbocycles. The van der Waals surface area contributed by atoms with Gasteiger partial charge in [-0.05, 0) is 42.8 Å². The summed E-state index contributed by atoms with van der Waals surface area (Å²) in [5.41, 5.74) is 3.16. The van der Waals surface area contributed by atoms with E-state index in [0.717, 1.165) is 33.3 Å². The van der Waals surface area contributed by atoms with Gasteiger partial charge in [0, 0.05) is 22.8 Å². The van der Waals surface area contributed by atoms with E-state index < -0.39 is 0 Å². The van der Waals surface area contributed by atoms with Crippen molar-refractivity contribution in [2.45, 2.75) is 13.5 Å². The molecule has 0 saturated carbocycles. The van der Waals surface area contributed by atoms with E-state index in [9.17, 15) is 0 Å². The molecule has 0 amide bonds. The Morgan fingerprint density at radius 3 is 2.38 bits per heavy atom. The van der Waals surface area contributed by atoms with Crippen LogP contribution in [0, 0.1) is 6.92 Å². The first-order valence-electron chi connectivity index (χ1n) is 8.61. The fourth-order valence-corrected chi connectivity index (χ4v) is 2.78. The van der Waals surface area contributed by atoms with Crippen molar-refractivity contribution in [2.75, 3.05) is 18.5 Å². The molecule has 1 N–H and O–H groups in total. The molecule has 3 aromatic rings. The molecular weight excluding hydrogens is 346 g/mol. The van der Waals surface area contributed by atoms with Gasteiger partial charge >= 0.3 is 0 Å². The van der Waals surface area contributed by atoms with E-state index in [2.05, 4.69) is 11.4 Å². The van der Waals surface area contributed by atoms with Crippen molar-refractivity contribution in [3.8, 4) is 11.5 Å². The summed E-state index contributed by atoms with van der Waals surface area (Å²) < 4.78 is 11.6. The number of nitrogens with one attached hydrogen (secondary N) is 1. The Hall–Kier alpha value is -2.65. The maximum atomic E-state index is 6.18. The summed E-state index contributed by atoms with van der Waals surface area (Å²) in [4.78, 5) is 0. The second kappa shape index (κ2) is 9.16. The maximum absolute atomic E-state index is 6.18. The molecule has 0 saturated heterocycles. The molecule has 0 fully saturated rings. The second-order valence-corrected chi connectivity index (χ2v) is 6.29. The highest BCUT2D eigenvalue weighted by molar-refractivity contribution is 6.31. The predicted molar refractivity (Wildman–Crippen MR) is 107 cm³/mol. The van der Waals surface area contributed by atoms with E-state index in [-0.39, 0.29) is 0 Å². The van der Waals surface area contributed by atoms with E-state index in [4.69, 9.17) is 21.1 Å². The van der Waals surface area contributed by atoms with Gasteiger partial charge in [0.15, 0.2) is 0 Å². The van der Waals surface area contributed by atoms with E-state index in [1.807, 2.05) is 73.7 Å². The van der Waals surface area contributed by atoms with Gasteiger partial charge in [-0.15, -0.1) is 0 Å². The molecule has 3 aromatic carbocycles. The van der Waals surface area contributed by atoms with Gasteiger partial charge in [0.25, 0.3) is 0 Å². The first-order chi connectivity index (χ1) is 12.7. The number of ether oxygens (including phenoxy) is 2. The average molecular weight is 368 g/mol. The van der Waals surface area contributed by atoms with Crippen molar-refractivity contribution in [3.05, 3.63) is 88.9 Å². The van der Waals surface area contributed by atoms with Crippen molar-refractivity contribution >= 4 is 17.3 Å². The molecule has 4 heteroatoms. The first kappa shape index (κ1) is 18.2. The minimum Gasteiger partial charge on any atom is -0.490 e. The third-order valence-electron chi connectivity index (χ3n) is 4.06. The fourth-order valence-electron chi connectivity index (χ4n) is 2.61. The maximum Gasteiger partial charge on any atom is 0.124 e. The molecule has 0 atom stereocenters. The van der Waals surface area contributed by atoms with E-state index in [1.54, 1.807) is 0 Å². The van der Waals surface area contributed by atoms with Crippen molar-refractivity contribution in [1.82, 2.24) is 0 Å². The Labute approximate surface area is 159 Å². The van der Waals surface area contributed by atoms with E-state index in [1.165, 1.54) is 0 Å². The van der Waals surface area contributed by atoms with Crippen molar-refractivity contribution in [2.24, 2.45) is 0 Å². The van der Waals surface area contributed by atoms with Gasteiger partial charge < -0.3 is 14.8 Å². The topological polar surface area (TPSA) is 30.5 Å². The highest BCUT2D eigenvalue weighted by atomic mass is 35.5. The van der Waals surface area contributed by atoms with Crippen LogP contribution in [0.5, 0.6) is 11.5 Å². The summed E-state index contributed by atoms with van der Waals surface area (Å²) in [6.45, 7) is 3.66. The van der Waals surface area contributed by atoms with Gasteiger partial charge in [0.2, 0.25) is 0 Å². The number of halogens is 1. The number of anilines is 1. The lowest BCUT2D eigenvalue weighted by molar-refractivity contribution is 0.216. The lowest BCUT2D eigenvalue weighted by Gasteiger charge is -2.14. The molecule has 3 rings (SSSR count). The van der Waals surface area contributed by atoms with Crippen LogP contribution in [0.2, 0.25) is 5.02 Å². The summed E-state index contributed by atoms with van der Waals surface area (Å²) >= 11 is 6.18. The minimum atomic E-state index is 0.488. The Bertz CT molecular complexity index is 837. The Balaban J connectivity index is 1.55. The molecule has 3 nitrogen and oxygen atoms in total. The molecule has 0 aliphatic heterocycles. The quantitative estimate of drug-likeness (QED) is 0.516. The van der Waals surface area contributed by atoms with Gasteiger partial charge in [-0.25, -0.2) is 0 Å². The van der Waals surface area contributed by atoms with Crippen LogP contribution in [-0.4, -0.2) is 13.2 Å². The zero-order valence-corrected chi connectivity index (χ0v) is 15.5. The van der Waals surface area contributed by atoms with Crippen LogP contribution in [0.3, 0.4) is 0 Å². The van der Waals surface area contributed by atoms with Crippen molar-refractivity contribution in [3.63, 3.8) is 0 Å². The summed E-state index contributed by atoms with van der Waals surface area (Å²) in [7, 11) is 0. The highest BCUT2D eigenvalue weighted by Crippen LogP contribution is 2.25.